The third kappa shape index (κ3) is 1.91. The van der Waals surface area contributed by atoms with E-state index in [-0.39, 0.29) is 11.8 Å². The molecule has 0 fully saturated rings. The largest absolute Gasteiger partial charge is 0.481 e. The normalized spacial score (nSPS) is 11.9. The second-order valence-electron chi connectivity index (χ2n) is 4.63. The van der Waals surface area contributed by atoms with E-state index in [4.69, 9.17) is 5.11 Å². The van der Waals surface area contributed by atoms with E-state index in [1.54, 1.807) is 6.20 Å². The first-order valence-corrected chi connectivity index (χ1v) is 5.14. The highest BCUT2D eigenvalue weighted by Crippen LogP contribution is 2.28. The highest BCUT2D eigenvalue weighted by Gasteiger charge is 2.24. The summed E-state index contributed by atoms with van der Waals surface area (Å²) in [6.45, 7) is 3.86. The number of nitrogens with one attached hydrogen (secondary N) is 1. The van der Waals surface area contributed by atoms with Gasteiger partial charge in [-0.3, -0.25) is 9.89 Å². The summed E-state index contributed by atoms with van der Waals surface area (Å²) in [4.78, 5) is 10.8. The van der Waals surface area contributed by atoms with Crippen LogP contribution in [0.3, 0.4) is 0 Å². The Hall–Kier alpha value is -1.84. The molecule has 0 saturated heterocycles. The van der Waals surface area contributed by atoms with E-state index in [0.29, 0.717) is 0 Å². The number of nitrogens with zero attached hydrogens (tertiary/aromatic N) is 1. The molecular weight excluding hydrogens is 204 g/mol. The fourth-order valence-corrected chi connectivity index (χ4v) is 1.84. The number of hydrogen-bond donors (Lipinski definition) is 2. The molecule has 84 valence electrons. The van der Waals surface area contributed by atoms with Crippen LogP contribution in [0.25, 0.3) is 10.9 Å². The topological polar surface area (TPSA) is 66.0 Å². The summed E-state index contributed by atoms with van der Waals surface area (Å²) in [5.74, 6) is -0.783. The first kappa shape index (κ1) is 10.7. The van der Waals surface area contributed by atoms with Crippen molar-refractivity contribution in [1.82, 2.24) is 10.2 Å². The van der Waals surface area contributed by atoms with Crippen LogP contribution in [0.2, 0.25) is 0 Å². The van der Waals surface area contributed by atoms with E-state index in [1.807, 2.05) is 32.0 Å². The van der Waals surface area contributed by atoms with Crippen molar-refractivity contribution >= 4 is 16.9 Å². The summed E-state index contributed by atoms with van der Waals surface area (Å²) >= 11 is 0. The van der Waals surface area contributed by atoms with Gasteiger partial charge in [0.2, 0.25) is 0 Å². The van der Waals surface area contributed by atoms with Gasteiger partial charge in [-0.1, -0.05) is 26.0 Å². The number of benzene rings is 1. The Morgan fingerprint density at radius 1 is 1.50 bits per heavy atom. The second-order valence-corrected chi connectivity index (χ2v) is 4.63. The average molecular weight is 218 g/mol. The lowest BCUT2D eigenvalue weighted by Crippen LogP contribution is -2.21. The number of aliphatic carboxylic acids is 1. The van der Waals surface area contributed by atoms with Gasteiger partial charge in [-0.25, -0.2) is 0 Å². The van der Waals surface area contributed by atoms with E-state index in [0.717, 1.165) is 16.5 Å². The van der Waals surface area contributed by atoms with Crippen LogP contribution in [0.1, 0.15) is 25.8 Å². The molecule has 0 aliphatic heterocycles. The molecule has 0 unspecified atom stereocenters. The van der Waals surface area contributed by atoms with E-state index >= 15 is 0 Å². The van der Waals surface area contributed by atoms with Gasteiger partial charge in [0.15, 0.2) is 0 Å². The summed E-state index contributed by atoms with van der Waals surface area (Å²) < 4.78 is 0. The summed E-state index contributed by atoms with van der Waals surface area (Å²) in [6.07, 6.45) is 1.87. The van der Waals surface area contributed by atoms with Crippen molar-refractivity contribution in [3.05, 3.63) is 30.0 Å². The zero-order chi connectivity index (χ0) is 11.8. The van der Waals surface area contributed by atoms with Crippen LogP contribution in [0.15, 0.2) is 24.4 Å². The average Bonchev–Trinajstić information content (AvgIpc) is 2.61. The maximum atomic E-state index is 10.8. The van der Waals surface area contributed by atoms with Gasteiger partial charge in [0.1, 0.15) is 0 Å². The molecule has 0 bridgehead atoms. The van der Waals surface area contributed by atoms with Crippen molar-refractivity contribution in [2.45, 2.75) is 25.7 Å². The SMILES string of the molecule is CC(C)(CC(=O)O)c1ccc2cn[nH]c2c1. The van der Waals surface area contributed by atoms with Crippen molar-refractivity contribution in [3.63, 3.8) is 0 Å². The predicted molar refractivity (Wildman–Crippen MR) is 61.4 cm³/mol. The number of H-pyrrole nitrogens is 1. The van der Waals surface area contributed by atoms with Gasteiger partial charge in [-0.2, -0.15) is 5.10 Å². The van der Waals surface area contributed by atoms with Gasteiger partial charge in [0.05, 0.1) is 18.1 Å². The highest BCUT2D eigenvalue weighted by atomic mass is 16.4. The second kappa shape index (κ2) is 3.63. The Labute approximate surface area is 93.3 Å². The van der Waals surface area contributed by atoms with Crippen molar-refractivity contribution < 1.29 is 9.90 Å². The molecule has 2 rings (SSSR count). The van der Waals surface area contributed by atoms with E-state index < -0.39 is 5.97 Å². The molecule has 1 heterocycles. The number of fused-ring (bicyclic) bond motifs is 1. The Kier molecular flexibility index (Phi) is 2.42. The van der Waals surface area contributed by atoms with Crippen LogP contribution in [0.5, 0.6) is 0 Å². The van der Waals surface area contributed by atoms with Gasteiger partial charge in [0.25, 0.3) is 0 Å². The number of aromatic amines is 1. The first-order valence-electron chi connectivity index (χ1n) is 5.14. The molecule has 0 amide bonds. The minimum absolute atomic E-state index is 0.118. The highest BCUT2D eigenvalue weighted by molar-refractivity contribution is 5.79. The molecule has 1 aromatic carbocycles. The summed E-state index contributed by atoms with van der Waals surface area (Å²) in [5, 5.41) is 16.7. The third-order valence-corrected chi connectivity index (χ3v) is 2.82. The van der Waals surface area contributed by atoms with Crippen molar-refractivity contribution in [1.29, 1.82) is 0 Å². The number of aromatic nitrogens is 2. The molecule has 0 atom stereocenters. The van der Waals surface area contributed by atoms with E-state index in [1.165, 1.54) is 0 Å². The number of carboxylic acid groups (broad SMARTS) is 1. The zero-order valence-corrected chi connectivity index (χ0v) is 9.32. The summed E-state index contributed by atoms with van der Waals surface area (Å²) in [7, 11) is 0. The molecule has 0 aliphatic carbocycles. The summed E-state index contributed by atoms with van der Waals surface area (Å²) in [6, 6.07) is 5.88. The van der Waals surface area contributed by atoms with Crippen molar-refractivity contribution in [2.75, 3.05) is 0 Å². The van der Waals surface area contributed by atoms with E-state index in [2.05, 4.69) is 10.2 Å². The van der Waals surface area contributed by atoms with Gasteiger partial charge >= 0.3 is 5.97 Å². The molecule has 2 aromatic rings. The van der Waals surface area contributed by atoms with Gasteiger partial charge in [-0.05, 0) is 11.6 Å². The Morgan fingerprint density at radius 2 is 2.25 bits per heavy atom. The molecule has 0 aliphatic rings. The van der Waals surface area contributed by atoms with Crippen molar-refractivity contribution in [2.24, 2.45) is 0 Å². The molecule has 4 nitrogen and oxygen atoms in total. The number of hydrogen-bond acceptors (Lipinski definition) is 2. The van der Waals surface area contributed by atoms with Gasteiger partial charge in [-0.15, -0.1) is 0 Å². The standard InChI is InChI=1S/C12H14N2O2/c1-12(2,6-11(15)16)9-4-3-8-7-13-14-10(8)5-9/h3-5,7H,6H2,1-2H3,(H,13,14)(H,15,16). The van der Waals surface area contributed by atoms with E-state index in [9.17, 15) is 4.79 Å². The molecular formula is C12H14N2O2. The lowest BCUT2D eigenvalue weighted by atomic mass is 9.81. The number of carboxylic acids is 1. The molecule has 4 heteroatoms. The Morgan fingerprint density at radius 3 is 2.94 bits per heavy atom. The van der Waals surface area contributed by atoms with Crippen LogP contribution in [-0.2, 0) is 10.2 Å². The van der Waals surface area contributed by atoms with Crippen molar-refractivity contribution in [3.8, 4) is 0 Å². The molecule has 0 saturated carbocycles. The van der Waals surface area contributed by atoms with Crippen LogP contribution >= 0.6 is 0 Å². The van der Waals surface area contributed by atoms with Gasteiger partial charge < -0.3 is 5.11 Å². The summed E-state index contributed by atoms with van der Waals surface area (Å²) in [5.41, 5.74) is 1.58. The smallest absolute Gasteiger partial charge is 0.304 e. The maximum Gasteiger partial charge on any atom is 0.304 e. The fourth-order valence-electron chi connectivity index (χ4n) is 1.84. The van der Waals surface area contributed by atoms with Crippen LogP contribution in [0.4, 0.5) is 0 Å². The molecule has 0 spiro atoms. The monoisotopic (exact) mass is 218 g/mol. The maximum absolute atomic E-state index is 10.8. The predicted octanol–water partition coefficient (Wildman–Crippen LogP) is 2.32. The van der Waals surface area contributed by atoms with Crippen LogP contribution < -0.4 is 0 Å². The minimum Gasteiger partial charge on any atom is -0.481 e. The molecule has 2 N–H and O–H groups in total. The number of rotatable bonds is 3. The fraction of sp³-hybridized carbons (Fsp3) is 0.333. The third-order valence-electron chi connectivity index (χ3n) is 2.82. The number of carbonyl (C=O) groups is 1. The Bertz CT molecular complexity index is 529. The minimum atomic E-state index is -0.783. The van der Waals surface area contributed by atoms with Crippen LogP contribution in [0, 0.1) is 0 Å². The molecule has 0 radical (unpaired) electrons. The van der Waals surface area contributed by atoms with Gasteiger partial charge in [0, 0.05) is 10.8 Å². The quantitative estimate of drug-likeness (QED) is 0.830. The Balaban J connectivity index is 2.41. The molecule has 16 heavy (non-hydrogen) atoms. The lowest BCUT2D eigenvalue weighted by Gasteiger charge is -2.22. The first-order chi connectivity index (χ1) is 7.49. The molecule has 1 aromatic heterocycles. The van der Waals surface area contributed by atoms with Crippen LogP contribution in [-0.4, -0.2) is 21.3 Å². The lowest BCUT2D eigenvalue weighted by molar-refractivity contribution is -0.138. The zero-order valence-electron chi connectivity index (χ0n) is 9.32.